The molecule has 0 atom stereocenters. The molecule has 0 bridgehead atoms. The van der Waals surface area contributed by atoms with Crippen LogP contribution >= 0.6 is 0 Å². The van der Waals surface area contributed by atoms with Crippen molar-refractivity contribution in [2.75, 3.05) is 0 Å². The summed E-state index contributed by atoms with van der Waals surface area (Å²) in [6, 6.07) is 71.1. The highest BCUT2D eigenvalue weighted by Gasteiger charge is 2.21. The summed E-state index contributed by atoms with van der Waals surface area (Å²) in [4.78, 5) is 15.2. The van der Waals surface area contributed by atoms with Crippen molar-refractivity contribution in [2.24, 2.45) is 0 Å². The van der Waals surface area contributed by atoms with Gasteiger partial charge in [-0.05, 0) is 110 Å². The van der Waals surface area contributed by atoms with Gasteiger partial charge in [0.2, 0.25) is 0 Å². The summed E-state index contributed by atoms with van der Waals surface area (Å²) in [6.07, 6.45) is 0. The Labute approximate surface area is 337 Å². The summed E-state index contributed by atoms with van der Waals surface area (Å²) >= 11 is 0. The lowest BCUT2D eigenvalue weighted by Crippen LogP contribution is -2.19. The van der Waals surface area contributed by atoms with Crippen molar-refractivity contribution >= 4 is 97.6 Å². The van der Waals surface area contributed by atoms with E-state index in [9.17, 15) is 0 Å². The molecule has 13 rings (SSSR count). The van der Waals surface area contributed by atoms with E-state index in [1.807, 2.05) is 41.0 Å². The molecular formula is C55H33N3O. The van der Waals surface area contributed by atoms with Crippen LogP contribution in [0.2, 0.25) is 0 Å². The number of nitrogens with zero attached hydrogens (tertiary/aromatic N) is 3. The first kappa shape index (κ1) is 32.2. The largest absolute Gasteiger partial charge is 0.309 e. The Morgan fingerprint density at radius 1 is 0.220 bits per heavy atom. The molecule has 0 radical (unpaired) electrons. The van der Waals surface area contributed by atoms with Crippen LogP contribution in [0.5, 0.6) is 0 Å². The third kappa shape index (κ3) is 4.46. The zero-order valence-corrected chi connectivity index (χ0v) is 31.8. The predicted octanol–water partition coefficient (Wildman–Crippen LogP) is 13.8. The Morgan fingerprint density at radius 2 is 0.610 bits per heavy atom. The van der Waals surface area contributed by atoms with Crippen LogP contribution in [0, 0.1) is 0 Å². The minimum absolute atomic E-state index is 0.0449. The maximum absolute atomic E-state index is 15.2. The Bertz CT molecular complexity index is 3930. The van der Waals surface area contributed by atoms with Crippen LogP contribution in [-0.2, 0) is 0 Å². The van der Waals surface area contributed by atoms with E-state index in [2.05, 4.69) is 173 Å². The highest BCUT2D eigenvalue weighted by molar-refractivity contribution is 6.26. The van der Waals surface area contributed by atoms with Crippen molar-refractivity contribution in [1.29, 1.82) is 0 Å². The molecule has 4 heteroatoms. The maximum atomic E-state index is 15.2. The second-order valence-corrected chi connectivity index (χ2v) is 15.6. The molecule has 0 N–H and O–H groups in total. The number of aromatic nitrogens is 3. The lowest BCUT2D eigenvalue weighted by molar-refractivity contribution is 1.06. The van der Waals surface area contributed by atoms with E-state index >= 15 is 4.79 Å². The van der Waals surface area contributed by atoms with Gasteiger partial charge in [0.15, 0.2) is 0 Å². The molecule has 0 unspecified atom stereocenters. The summed E-state index contributed by atoms with van der Waals surface area (Å²) < 4.78 is 6.59. The first-order valence-corrected chi connectivity index (χ1v) is 20.1. The number of benzene rings is 10. The van der Waals surface area contributed by atoms with Crippen LogP contribution in [0.1, 0.15) is 0 Å². The number of fused-ring (bicyclic) bond motifs is 15. The quantitative estimate of drug-likeness (QED) is 0.165. The van der Waals surface area contributed by atoms with E-state index in [4.69, 9.17) is 0 Å². The van der Waals surface area contributed by atoms with Gasteiger partial charge in [-0.2, -0.15) is 0 Å². The summed E-state index contributed by atoms with van der Waals surface area (Å²) in [5, 5.41) is 14.7. The average molecular weight is 752 g/mol. The molecule has 10 aromatic carbocycles. The minimum atomic E-state index is -0.0449. The molecule has 0 saturated carbocycles. The lowest BCUT2D eigenvalue weighted by atomic mass is 9.94. The second-order valence-electron chi connectivity index (χ2n) is 15.6. The van der Waals surface area contributed by atoms with Crippen molar-refractivity contribution in [3.05, 3.63) is 211 Å². The van der Waals surface area contributed by atoms with E-state index in [1.165, 1.54) is 37.7 Å². The Balaban J connectivity index is 1.18. The molecule has 0 aliphatic carbocycles. The van der Waals surface area contributed by atoms with Gasteiger partial charge in [-0.3, -0.25) is 9.36 Å². The SMILES string of the molecule is O=c1c2cc3c(cc2c2cc4c5ccccc5n(-c5ccc6c7ccccc7c7ccccc7c6c5)c4cc2n1-c1ccccc1)c1ccccc1n3-c1ccccc1. The van der Waals surface area contributed by atoms with Gasteiger partial charge < -0.3 is 9.13 Å². The lowest BCUT2D eigenvalue weighted by Gasteiger charge is -2.16. The number of pyridine rings is 1. The van der Waals surface area contributed by atoms with Crippen LogP contribution in [0.15, 0.2) is 205 Å². The van der Waals surface area contributed by atoms with Gasteiger partial charge in [0, 0.05) is 44.0 Å². The standard InChI is InChI=1S/C55H33N3O/c59-55-49-32-52-46(42-23-11-13-25-50(42)56(52)34-15-3-1-4-16-34)30-45(49)48-31-47-43-24-12-14-26-51(43)57(53(47)33-54(48)58(55)35-17-5-2-6-18-35)36-27-28-41-39-21-8-7-19-37(39)38-20-9-10-22-40(38)44(41)29-36/h1-33H. The first-order valence-electron chi connectivity index (χ1n) is 20.1. The molecule has 3 heterocycles. The Morgan fingerprint density at radius 3 is 1.20 bits per heavy atom. The molecule has 274 valence electrons. The topological polar surface area (TPSA) is 31.9 Å². The molecule has 0 aliphatic rings. The highest BCUT2D eigenvalue weighted by Crippen LogP contribution is 2.42. The van der Waals surface area contributed by atoms with Gasteiger partial charge >= 0.3 is 0 Å². The van der Waals surface area contributed by atoms with Gasteiger partial charge in [0.05, 0.1) is 33.0 Å². The first-order chi connectivity index (χ1) is 29.2. The van der Waals surface area contributed by atoms with Crippen molar-refractivity contribution < 1.29 is 0 Å². The normalized spacial score (nSPS) is 12.1. The number of hydrogen-bond acceptors (Lipinski definition) is 1. The van der Waals surface area contributed by atoms with Gasteiger partial charge in [0.25, 0.3) is 5.56 Å². The number of hydrogen-bond donors (Lipinski definition) is 0. The van der Waals surface area contributed by atoms with Crippen molar-refractivity contribution in [3.63, 3.8) is 0 Å². The average Bonchev–Trinajstić information content (AvgIpc) is 3.80. The summed E-state index contributed by atoms with van der Waals surface area (Å²) in [5.41, 5.74) is 8.08. The molecule has 0 spiro atoms. The number of para-hydroxylation sites is 4. The molecular weight excluding hydrogens is 719 g/mol. The van der Waals surface area contributed by atoms with E-state index in [-0.39, 0.29) is 5.56 Å². The van der Waals surface area contributed by atoms with Crippen LogP contribution in [0.3, 0.4) is 0 Å². The summed E-state index contributed by atoms with van der Waals surface area (Å²) in [7, 11) is 0. The van der Waals surface area contributed by atoms with Gasteiger partial charge in [-0.1, -0.05) is 127 Å². The molecule has 59 heavy (non-hydrogen) atoms. The van der Waals surface area contributed by atoms with Crippen molar-refractivity contribution in [3.8, 4) is 17.1 Å². The molecule has 0 amide bonds. The summed E-state index contributed by atoms with van der Waals surface area (Å²) in [6.45, 7) is 0. The highest BCUT2D eigenvalue weighted by atomic mass is 16.1. The Kier molecular flexibility index (Phi) is 6.56. The van der Waals surface area contributed by atoms with E-state index in [1.54, 1.807) is 0 Å². The minimum Gasteiger partial charge on any atom is -0.309 e. The van der Waals surface area contributed by atoms with Crippen LogP contribution in [0.4, 0.5) is 0 Å². The monoisotopic (exact) mass is 751 g/mol. The molecule has 3 aromatic heterocycles. The maximum Gasteiger partial charge on any atom is 0.263 e. The molecule has 0 fully saturated rings. The van der Waals surface area contributed by atoms with Crippen molar-refractivity contribution in [2.45, 2.75) is 0 Å². The van der Waals surface area contributed by atoms with E-state index < -0.39 is 0 Å². The van der Waals surface area contributed by atoms with Crippen molar-refractivity contribution in [1.82, 2.24) is 13.7 Å². The fraction of sp³-hybridized carbons (Fsp3) is 0. The van der Waals surface area contributed by atoms with Crippen LogP contribution in [0.25, 0.3) is 115 Å². The summed E-state index contributed by atoms with van der Waals surface area (Å²) in [5.74, 6) is 0. The fourth-order valence-corrected chi connectivity index (χ4v) is 10.1. The smallest absolute Gasteiger partial charge is 0.263 e. The number of rotatable bonds is 3. The molecule has 0 saturated heterocycles. The molecule has 4 nitrogen and oxygen atoms in total. The molecule has 0 aliphatic heterocycles. The second kappa shape index (κ2) is 12.0. The van der Waals surface area contributed by atoms with E-state index in [0.717, 1.165) is 71.6 Å². The third-order valence-corrected chi connectivity index (χ3v) is 12.6. The van der Waals surface area contributed by atoms with Crippen LogP contribution < -0.4 is 5.56 Å². The Hall–Kier alpha value is -7.95. The van der Waals surface area contributed by atoms with Gasteiger partial charge in [0.1, 0.15) is 0 Å². The van der Waals surface area contributed by atoms with Gasteiger partial charge in [-0.15, -0.1) is 0 Å². The van der Waals surface area contributed by atoms with Crippen LogP contribution in [-0.4, -0.2) is 13.7 Å². The fourth-order valence-electron chi connectivity index (χ4n) is 10.1. The van der Waals surface area contributed by atoms with Gasteiger partial charge in [-0.25, -0.2) is 0 Å². The zero-order valence-electron chi connectivity index (χ0n) is 31.8. The van der Waals surface area contributed by atoms with E-state index in [0.29, 0.717) is 5.39 Å². The predicted molar refractivity (Wildman–Crippen MR) is 248 cm³/mol. The zero-order chi connectivity index (χ0) is 38.8. The third-order valence-electron chi connectivity index (χ3n) is 12.6. The molecule has 13 aromatic rings.